The summed E-state index contributed by atoms with van der Waals surface area (Å²) in [4.78, 5) is 14.0. The summed E-state index contributed by atoms with van der Waals surface area (Å²) >= 11 is 0. The zero-order valence-corrected chi connectivity index (χ0v) is 12.4. The fourth-order valence-corrected chi connectivity index (χ4v) is 2.39. The van der Waals surface area contributed by atoms with E-state index in [1.165, 1.54) is 12.1 Å². The van der Waals surface area contributed by atoms with Crippen molar-refractivity contribution in [3.8, 4) is 0 Å². The Morgan fingerprint density at radius 3 is 2.16 bits per heavy atom. The zero-order valence-electron chi connectivity index (χ0n) is 10.8. The van der Waals surface area contributed by atoms with Crippen molar-refractivity contribution in [1.82, 2.24) is 10.2 Å². The van der Waals surface area contributed by atoms with E-state index in [4.69, 9.17) is 0 Å². The predicted octanol–water partition coefficient (Wildman–Crippen LogP) is 0.556. The van der Waals surface area contributed by atoms with Crippen LogP contribution >= 0.6 is 12.4 Å². The van der Waals surface area contributed by atoms with E-state index >= 15 is 0 Å². The third kappa shape index (κ3) is 3.46. The summed E-state index contributed by atoms with van der Waals surface area (Å²) in [6, 6.07) is 6.28. The normalized spacial score (nSPS) is 15.3. The number of nitrogens with zero attached hydrogens (tertiary/aromatic N) is 1. The Bertz CT molecular complexity index is 553. The van der Waals surface area contributed by atoms with Gasteiger partial charge in [0.15, 0.2) is 9.84 Å². The van der Waals surface area contributed by atoms with Gasteiger partial charge in [0.1, 0.15) is 0 Å². The highest BCUT2D eigenvalue weighted by molar-refractivity contribution is 7.90. The molecule has 0 aliphatic carbocycles. The van der Waals surface area contributed by atoms with E-state index < -0.39 is 9.84 Å². The van der Waals surface area contributed by atoms with Crippen molar-refractivity contribution in [2.24, 2.45) is 0 Å². The van der Waals surface area contributed by atoms with Crippen LogP contribution in [0.3, 0.4) is 0 Å². The summed E-state index contributed by atoms with van der Waals surface area (Å²) < 4.78 is 22.6. The van der Waals surface area contributed by atoms with Crippen LogP contribution < -0.4 is 5.32 Å². The van der Waals surface area contributed by atoms with Crippen molar-refractivity contribution in [3.63, 3.8) is 0 Å². The Labute approximate surface area is 119 Å². The molecular formula is C12H17ClN2O3S. The topological polar surface area (TPSA) is 66.5 Å². The minimum atomic E-state index is -3.21. The van der Waals surface area contributed by atoms with E-state index in [2.05, 4.69) is 5.32 Å². The first-order chi connectivity index (χ1) is 8.39. The van der Waals surface area contributed by atoms with Gasteiger partial charge in [0.2, 0.25) is 0 Å². The molecule has 0 unspecified atom stereocenters. The molecule has 1 aromatic rings. The molecule has 19 heavy (non-hydrogen) atoms. The molecule has 1 heterocycles. The average Bonchev–Trinajstić information content (AvgIpc) is 2.24. The number of likely N-dealkylation sites (N-methyl/N-ethyl adjacent to an activating group) is 1. The Morgan fingerprint density at radius 2 is 1.79 bits per heavy atom. The molecule has 5 nitrogen and oxygen atoms in total. The van der Waals surface area contributed by atoms with E-state index in [1.807, 2.05) is 0 Å². The lowest BCUT2D eigenvalue weighted by molar-refractivity contribution is 0.0681. The fourth-order valence-electron chi connectivity index (χ4n) is 1.76. The number of rotatable bonds is 3. The molecule has 1 amide bonds. The number of sulfone groups is 1. The van der Waals surface area contributed by atoms with E-state index in [1.54, 1.807) is 24.1 Å². The van der Waals surface area contributed by atoms with Crippen molar-refractivity contribution >= 4 is 28.2 Å². The van der Waals surface area contributed by atoms with Crippen molar-refractivity contribution in [3.05, 3.63) is 29.8 Å². The van der Waals surface area contributed by atoms with Crippen LogP contribution in [0.15, 0.2) is 29.2 Å². The number of amides is 1. The summed E-state index contributed by atoms with van der Waals surface area (Å²) in [5.74, 6) is -0.0819. The molecule has 1 fully saturated rings. The fraction of sp³-hybridized carbons (Fsp3) is 0.417. The van der Waals surface area contributed by atoms with Crippen LogP contribution in [0.4, 0.5) is 0 Å². The van der Waals surface area contributed by atoms with E-state index in [0.717, 1.165) is 19.3 Å². The van der Waals surface area contributed by atoms with Crippen LogP contribution in [0, 0.1) is 0 Å². The van der Waals surface area contributed by atoms with Gasteiger partial charge in [-0.15, -0.1) is 12.4 Å². The highest BCUT2D eigenvalue weighted by Crippen LogP contribution is 2.13. The Kier molecular flexibility index (Phi) is 4.95. The smallest absolute Gasteiger partial charge is 0.253 e. The second kappa shape index (κ2) is 5.90. The van der Waals surface area contributed by atoms with Gasteiger partial charge < -0.3 is 10.2 Å². The van der Waals surface area contributed by atoms with Crippen molar-refractivity contribution in [2.45, 2.75) is 10.9 Å². The lowest BCUT2D eigenvalue weighted by atomic mass is 10.1. The molecule has 1 saturated heterocycles. The van der Waals surface area contributed by atoms with E-state index in [-0.39, 0.29) is 29.3 Å². The van der Waals surface area contributed by atoms with Crippen LogP contribution in [0.1, 0.15) is 10.4 Å². The number of hydrogen-bond acceptors (Lipinski definition) is 4. The summed E-state index contributed by atoms with van der Waals surface area (Å²) in [6.07, 6.45) is 1.15. The molecule has 0 bridgehead atoms. The molecule has 7 heteroatoms. The second-order valence-corrected chi connectivity index (χ2v) is 6.54. The van der Waals surface area contributed by atoms with Crippen LogP contribution in [0.5, 0.6) is 0 Å². The maximum absolute atomic E-state index is 12.1. The number of nitrogens with one attached hydrogen (secondary N) is 1. The molecule has 1 aliphatic heterocycles. The number of benzene rings is 1. The summed E-state index contributed by atoms with van der Waals surface area (Å²) in [5, 5.41) is 3.10. The highest BCUT2D eigenvalue weighted by atomic mass is 35.5. The third-order valence-electron chi connectivity index (χ3n) is 3.16. The molecule has 0 radical (unpaired) electrons. The Morgan fingerprint density at radius 1 is 1.26 bits per heavy atom. The molecule has 1 aromatic carbocycles. The quantitative estimate of drug-likeness (QED) is 0.886. The minimum Gasteiger partial charge on any atom is -0.336 e. The molecule has 1 aliphatic rings. The standard InChI is InChI=1S/C12H16N2O3S.ClH/c1-14(10-7-13-8-10)12(15)9-3-5-11(6-4-9)18(2,16)17;/h3-6,10,13H,7-8H2,1-2H3;1H. The average molecular weight is 305 g/mol. The van der Waals surface area contributed by atoms with Gasteiger partial charge in [-0.3, -0.25) is 4.79 Å². The molecule has 0 spiro atoms. The van der Waals surface area contributed by atoms with Gasteiger partial charge >= 0.3 is 0 Å². The number of carbonyl (C=O) groups is 1. The highest BCUT2D eigenvalue weighted by Gasteiger charge is 2.26. The zero-order chi connectivity index (χ0) is 13.3. The van der Waals surface area contributed by atoms with Crippen molar-refractivity contribution < 1.29 is 13.2 Å². The van der Waals surface area contributed by atoms with Gasteiger partial charge in [0.25, 0.3) is 5.91 Å². The van der Waals surface area contributed by atoms with Gasteiger partial charge in [0, 0.05) is 32.0 Å². The molecule has 0 saturated carbocycles. The minimum absolute atomic E-state index is 0. The summed E-state index contributed by atoms with van der Waals surface area (Å²) in [7, 11) is -1.45. The molecule has 1 N–H and O–H groups in total. The number of carbonyl (C=O) groups excluding carboxylic acids is 1. The molecule has 106 valence electrons. The van der Waals surface area contributed by atoms with Gasteiger partial charge in [-0.05, 0) is 24.3 Å². The van der Waals surface area contributed by atoms with E-state index in [9.17, 15) is 13.2 Å². The first-order valence-electron chi connectivity index (χ1n) is 5.67. The second-order valence-electron chi connectivity index (χ2n) is 4.52. The Balaban J connectivity index is 0.00000180. The van der Waals surface area contributed by atoms with Gasteiger partial charge in [-0.1, -0.05) is 0 Å². The maximum Gasteiger partial charge on any atom is 0.253 e. The largest absolute Gasteiger partial charge is 0.336 e. The molecule has 0 atom stereocenters. The molecule has 2 rings (SSSR count). The van der Waals surface area contributed by atoms with Crippen LogP contribution in [-0.4, -0.2) is 51.7 Å². The third-order valence-corrected chi connectivity index (χ3v) is 4.29. The SMILES string of the molecule is CN(C(=O)c1ccc(S(C)(=O)=O)cc1)C1CNC1.Cl. The summed E-state index contributed by atoms with van der Waals surface area (Å²) in [6.45, 7) is 1.62. The van der Waals surface area contributed by atoms with Crippen LogP contribution in [0.25, 0.3) is 0 Å². The lowest BCUT2D eigenvalue weighted by Gasteiger charge is -2.35. The van der Waals surface area contributed by atoms with Gasteiger partial charge in [0.05, 0.1) is 10.9 Å². The van der Waals surface area contributed by atoms with Crippen LogP contribution in [0.2, 0.25) is 0 Å². The Hall–Kier alpha value is -1.11. The molecule has 0 aromatic heterocycles. The number of hydrogen-bond donors (Lipinski definition) is 1. The summed E-state index contributed by atoms with van der Waals surface area (Å²) in [5.41, 5.74) is 0.511. The van der Waals surface area contributed by atoms with Crippen molar-refractivity contribution in [1.29, 1.82) is 0 Å². The predicted molar refractivity (Wildman–Crippen MR) is 75.6 cm³/mol. The van der Waals surface area contributed by atoms with Crippen molar-refractivity contribution in [2.75, 3.05) is 26.4 Å². The molecular weight excluding hydrogens is 288 g/mol. The van der Waals surface area contributed by atoms with Gasteiger partial charge in [-0.2, -0.15) is 0 Å². The first kappa shape index (κ1) is 15.9. The number of halogens is 1. The lowest BCUT2D eigenvalue weighted by Crippen LogP contribution is -2.57. The first-order valence-corrected chi connectivity index (χ1v) is 7.57. The maximum atomic E-state index is 12.1. The monoisotopic (exact) mass is 304 g/mol. The van der Waals surface area contributed by atoms with Crippen LogP contribution in [-0.2, 0) is 9.84 Å². The van der Waals surface area contributed by atoms with E-state index in [0.29, 0.717) is 5.56 Å². The van der Waals surface area contributed by atoms with Gasteiger partial charge in [-0.25, -0.2) is 8.42 Å².